The SMILES string of the molecule is Cn1nc(C2CCN(S(C)(=O)=O)CC2)c(C(=O)O)c1N. The molecule has 20 heavy (non-hydrogen) atoms. The first kappa shape index (κ1) is 14.8. The van der Waals surface area contributed by atoms with Gasteiger partial charge in [-0.25, -0.2) is 17.5 Å². The molecule has 0 aliphatic carbocycles. The second-order valence-electron chi connectivity index (χ2n) is 5.01. The molecule has 1 fully saturated rings. The lowest BCUT2D eigenvalue weighted by molar-refractivity contribution is 0.0695. The van der Waals surface area contributed by atoms with E-state index in [0.29, 0.717) is 31.6 Å². The number of aromatic nitrogens is 2. The van der Waals surface area contributed by atoms with Crippen molar-refractivity contribution in [3.05, 3.63) is 11.3 Å². The molecule has 2 heterocycles. The van der Waals surface area contributed by atoms with Crippen LogP contribution >= 0.6 is 0 Å². The van der Waals surface area contributed by atoms with Crippen molar-refractivity contribution < 1.29 is 18.3 Å². The first-order valence-corrected chi connectivity index (χ1v) is 8.07. The Kier molecular flexibility index (Phi) is 3.74. The van der Waals surface area contributed by atoms with Crippen LogP contribution in [0.25, 0.3) is 0 Å². The van der Waals surface area contributed by atoms with E-state index in [9.17, 15) is 18.3 Å². The maximum Gasteiger partial charge on any atom is 0.341 e. The lowest BCUT2D eigenvalue weighted by Gasteiger charge is -2.29. The largest absolute Gasteiger partial charge is 0.477 e. The van der Waals surface area contributed by atoms with Crippen LogP contribution in [0, 0.1) is 0 Å². The number of nitrogen functional groups attached to an aromatic ring is 1. The number of carbonyl (C=O) groups is 1. The third kappa shape index (κ3) is 2.63. The Balaban J connectivity index is 2.24. The Hall–Kier alpha value is -1.61. The zero-order valence-electron chi connectivity index (χ0n) is 11.4. The number of hydrogen-bond donors (Lipinski definition) is 2. The molecule has 0 bridgehead atoms. The summed E-state index contributed by atoms with van der Waals surface area (Å²) >= 11 is 0. The number of nitrogens with zero attached hydrogens (tertiary/aromatic N) is 3. The lowest BCUT2D eigenvalue weighted by atomic mass is 9.92. The number of piperidine rings is 1. The Bertz CT molecular complexity index is 629. The van der Waals surface area contributed by atoms with E-state index in [1.54, 1.807) is 7.05 Å². The number of carboxylic acids is 1. The number of aryl methyl sites for hydroxylation is 1. The van der Waals surface area contributed by atoms with E-state index in [4.69, 9.17) is 5.73 Å². The summed E-state index contributed by atoms with van der Waals surface area (Å²) < 4.78 is 25.7. The number of aromatic carboxylic acids is 1. The Morgan fingerprint density at radius 3 is 2.40 bits per heavy atom. The van der Waals surface area contributed by atoms with E-state index >= 15 is 0 Å². The number of rotatable bonds is 3. The molecule has 112 valence electrons. The highest BCUT2D eigenvalue weighted by molar-refractivity contribution is 7.88. The van der Waals surface area contributed by atoms with Crippen LogP contribution in [0.5, 0.6) is 0 Å². The quantitative estimate of drug-likeness (QED) is 0.801. The van der Waals surface area contributed by atoms with Gasteiger partial charge in [0.25, 0.3) is 0 Å². The van der Waals surface area contributed by atoms with Gasteiger partial charge in [-0.2, -0.15) is 5.10 Å². The first-order valence-electron chi connectivity index (χ1n) is 6.22. The average molecular weight is 302 g/mol. The van der Waals surface area contributed by atoms with E-state index in [1.807, 2.05) is 0 Å². The standard InChI is InChI=1S/C11H18N4O4S/c1-14-10(12)8(11(16)17)9(13-14)7-3-5-15(6-4-7)20(2,18)19/h7H,3-6,12H2,1-2H3,(H,16,17). The van der Waals surface area contributed by atoms with Gasteiger partial charge in [0.15, 0.2) is 0 Å². The molecule has 1 aliphatic rings. The summed E-state index contributed by atoms with van der Waals surface area (Å²) in [4.78, 5) is 11.3. The highest BCUT2D eigenvalue weighted by Crippen LogP contribution is 2.32. The summed E-state index contributed by atoms with van der Waals surface area (Å²) in [5, 5.41) is 13.4. The lowest BCUT2D eigenvalue weighted by Crippen LogP contribution is -2.37. The minimum absolute atomic E-state index is 0.0327. The van der Waals surface area contributed by atoms with Crippen molar-refractivity contribution in [3.8, 4) is 0 Å². The van der Waals surface area contributed by atoms with Gasteiger partial charge in [0.1, 0.15) is 11.4 Å². The van der Waals surface area contributed by atoms with E-state index in [2.05, 4.69) is 5.10 Å². The van der Waals surface area contributed by atoms with Crippen LogP contribution in [0.15, 0.2) is 0 Å². The molecular weight excluding hydrogens is 284 g/mol. The van der Waals surface area contributed by atoms with Gasteiger partial charge in [-0.1, -0.05) is 0 Å². The van der Waals surface area contributed by atoms with Crippen molar-refractivity contribution in [1.82, 2.24) is 14.1 Å². The number of carboxylic acid groups (broad SMARTS) is 1. The predicted octanol–water partition coefficient (Wildman–Crippen LogP) is -0.160. The van der Waals surface area contributed by atoms with Crippen LogP contribution in [0.1, 0.15) is 34.8 Å². The summed E-state index contributed by atoms with van der Waals surface area (Å²) in [5.74, 6) is -1.06. The van der Waals surface area contributed by atoms with Gasteiger partial charge in [-0.05, 0) is 12.8 Å². The van der Waals surface area contributed by atoms with E-state index in [-0.39, 0.29) is 17.3 Å². The van der Waals surface area contributed by atoms with Gasteiger partial charge in [-0.15, -0.1) is 0 Å². The Morgan fingerprint density at radius 1 is 1.40 bits per heavy atom. The maximum atomic E-state index is 11.5. The van der Waals surface area contributed by atoms with Gasteiger partial charge in [0.05, 0.1) is 11.9 Å². The van der Waals surface area contributed by atoms with E-state index in [0.717, 1.165) is 0 Å². The zero-order valence-corrected chi connectivity index (χ0v) is 12.2. The fraction of sp³-hybridized carbons (Fsp3) is 0.636. The number of anilines is 1. The molecule has 9 heteroatoms. The fourth-order valence-electron chi connectivity index (χ4n) is 2.52. The monoisotopic (exact) mass is 302 g/mol. The highest BCUT2D eigenvalue weighted by atomic mass is 32.2. The van der Waals surface area contributed by atoms with Crippen molar-refractivity contribution in [3.63, 3.8) is 0 Å². The van der Waals surface area contributed by atoms with Crippen molar-refractivity contribution >= 4 is 21.8 Å². The molecule has 1 aromatic heterocycles. The third-order valence-electron chi connectivity index (χ3n) is 3.64. The molecule has 0 saturated carbocycles. The second-order valence-corrected chi connectivity index (χ2v) is 6.99. The van der Waals surface area contributed by atoms with Crippen LogP contribution < -0.4 is 5.73 Å². The summed E-state index contributed by atoms with van der Waals surface area (Å²) in [6.07, 6.45) is 2.27. The maximum absolute atomic E-state index is 11.5. The predicted molar refractivity (Wildman–Crippen MR) is 73.0 cm³/mol. The van der Waals surface area contributed by atoms with Gasteiger partial charge in [-0.3, -0.25) is 4.68 Å². The molecule has 8 nitrogen and oxygen atoms in total. The van der Waals surface area contributed by atoms with Crippen LogP contribution in [0.4, 0.5) is 5.82 Å². The summed E-state index contributed by atoms with van der Waals surface area (Å²) in [6.45, 7) is 0.748. The van der Waals surface area contributed by atoms with Crippen LogP contribution in [-0.2, 0) is 17.1 Å². The second kappa shape index (κ2) is 5.06. The van der Waals surface area contributed by atoms with Crippen LogP contribution in [-0.4, -0.2) is 52.9 Å². The summed E-state index contributed by atoms with van der Waals surface area (Å²) in [6, 6.07) is 0. The number of nitrogens with two attached hydrogens (primary N) is 1. The van der Waals surface area contributed by atoms with Gasteiger partial charge in [0.2, 0.25) is 10.0 Å². The molecule has 1 aliphatic heterocycles. The van der Waals surface area contributed by atoms with Gasteiger partial charge >= 0.3 is 5.97 Å². The first-order chi connectivity index (χ1) is 9.21. The van der Waals surface area contributed by atoms with E-state index < -0.39 is 16.0 Å². The van der Waals surface area contributed by atoms with Gasteiger partial charge in [0, 0.05) is 26.1 Å². The van der Waals surface area contributed by atoms with Gasteiger partial charge < -0.3 is 10.8 Å². The molecule has 0 spiro atoms. The molecule has 0 aromatic carbocycles. The minimum atomic E-state index is -3.19. The molecular formula is C11H18N4O4S. The normalized spacial score (nSPS) is 18.3. The van der Waals surface area contributed by atoms with Crippen molar-refractivity contribution in [1.29, 1.82) is 0 Å². The molecule has 3 N–H and O–H groups in total. The van der Waals surface area contributed by atoms with Crippen molar-refractivity contribution in [2.24, 2.45) is 7.05 Å². The molecule has 2 rings (SSSR count). The van der Waals surface area contributed by atoms with Crippen LogP contribution in [0.3, 0.4) is 0 Å². The van der Waals surface area contributed by atoms with Crippen molar-refractivity contribution in [2.75, 3.05) is 25.1 Å². The number of sulfonamides is 1. The molecule has 1 aromatic rings. The molecule has 1 saturated heterocycles. The van der Waals surface area contributed by atoms with E-state index in [1.165, 1.54) is 15.2 Å². The Labute approximate surface area is 117 Å². The number of hydrogen-bond acceptors (Lipinski definition) is 5. The van der Waals surface area contributed by atoms with Crippen molar-refractivity contribution in [2.45, 2.75) is 18.8 Å². The fourth-order valence-corrected chi connectivity index (χ4v) is 3.40. The summed E-state index contributed by atoms with van der Waals surface area (Å²) in [5.41, 5.74) is 6.20. The zero-order chi connectivity index (χ0) is 15.1. The highest BCUT2D eigenvalue weighted by Gasteiger charge is 2.31. The summed E-state index contributed by atoms with van der Waals surface area (Å²) in [7, 11) is -1.60. The van der Waals surface area contributed by atoms with Crippen LogP contribution in [0.2, 0.25) is 0 Å². The third-order valence-corrected chi connectivity index (χ3v) is 4.95. The average Bonchev–Trinajstić information content (AvgIpc) is 2.65. The Morgan fingerprint density at radius 2 is 1.95 bits per heavy atom. The minimum Gasteiger partial charge on any atom is -0.477 e. The topological polar surface area (TPSA) is 119 Å². The smallest absolute Gasteiger partial charge is 0.341 e. The molecule has 0 unspecified atom stereocenters. The molecule has 0 atom stereocenters. The molecule has 0 radical (unpaired) electrons. The molecule has 0 amide bonds.